The molecule has 0 saturated heterocycles. The van der Waals surface area contributed by atoms with Crippen molar-refractivity contribution < 1.29 is 19.4 Å². The van der Waals surface area contributed by atoms with E-state index in [1.165, 1.54) is 26.2 Å². The number of benzene rings is 1. The van der Waals surface area contributed by atoms with Crippen molar-refractivity contribution in [2.75, 3.05) is 7.11 Å². The number of nitrogens with one attached hydrogen (secondary N) is 1. The Hall–Kier alpha value is -2.08. The SMILES string of the molecule is COC(=O)[C@H](C)NC(=O)[C@H](N)Cc1ccc(O)cc1. The molecule has 0 spiro atoms. The van der Waals surface area contributed by atoms with Crippen LogP contribution in [-0.2, 0) is 20.7 Å². The average Bonchev–Trinajstić information content (AvgIpc) is 2.40. The third kappa shape index (κ3) is 4.59. The van der Waals surface area contributed by atoms with Crippen molar-refractivity contribution >= 4 is 11.9 Å². The zero-order valence-electron chi connectivity index (χ0n) is 10.9. The number of carbonyl (C=O) groups is 2. The number of ether oxygens (including phenoxy) is 1. The van der Waals surface area contributed by atoms with E-state index in [1.807, 2.05) is 0 Å². The third-order valence-electron chi connectivity index (χ3n) is 2.64. The first-order chi connectivity index (χ1) is 8.93. The van der Waals surface area contributed by atoms with Gasteiger partial charge in [0.1, 0.15) is 11.8 Å². The van der Waals surface area contributed by atoms with Crippen molar-refractivity contribution in [1.29, 1.82) is 0 Å². The molecule has 0 saturated carbocycles. The van der Waals surface area contributed by atoms with Gasteiger partial charge in [0.05, 0.1) is 13.2 Å². The Morgan fingerprint density at radius 3 is 2.47 bits per heavy atom. The van der Waals surface area contributed by atoms with Crippen LogP contribution in [0.3, 0.4) is 0 Å². The van der Waals surface area contributed by atoms with E-state index in [0.29, 0.717) is 6.42 Å². The minimum absolute atomic E-state index is 0.154. The van der Waals surface area contributed by atoms with Gasteiger partial charge in [0.15, 0.2) is 0 Å². The van der Waals surface area contributed by atoms with Crippen molar-refractivity contribution in [2.45, 2.75) is 25.4 Å². The van der Waals surface area contributed by atoms with E-state index in [2.05, 4.69) is 10.1 Å². The number of amides is 1. The minimum atomic E-state index is -0.767. The lowest BCUT2D eigenvalue weighted by Crippen LogP contribution is -2.48. The Balaban J connectivity index is 2.53. The lowest BCUT2D eigenvalue weighted by Gasteiger charge is -2.16. The molecule has 0 radical (unpaired) electrons. The molecule has 0 aliphatic rings. The minimum Gasteiger partial charge on any atom is -0.508 e. The molecule has 0 aromatic heterocycles. The Morgan fingerprint density at radius 1 is 1.37 bits per heavy atom. The lowest BCUT2D eigenvalue weighted by molar-refractivity contribution is -0.144. The van der Waals surface area contributed by atoms with Gasteiger partial charge in [0, 0.05) is 0 Å². The number of aromatic hydroxyl groups is 1. The predicted molar refractivity (Wildman–Crippen MR) is 69.4 cm³/mol. The Morgan fingerprint density at radius 2 is 1.95 bits per heavy atom. The number of phenolic OH excluding ortho intramolecular Hbond substituents is 1. The molecule has 6 heteroatoms. The van der Waals surface area contributed by atoms with Gasteiger partial charge in [0.25, 0.3) is 0 Å². The van der Waals surface area contributed by atoms with Crippen LogP contribution in [0, 0.1) is 0 Å². The predicted octanol–water partition coefficient (Wildman–Crippen LogP) is -0.0603. The van der Waals surface area contributed by atoms with E-state index in [9.17, 15) is 9.59 Å². The second kappa shape index (κ2) is 6.75. The summed E-state index contributed by atoms with van der Waals surface area (Å²) in [5.74, 6) is -0.794. The molecule has 0 heterocycles. The number of esters is 1. The standard InChI is InChI=1S/C13H18N2O4/c1-8(13(18)19-2)15-12(17)11(14)7-9-3-5-10(16)6-4-9/h3-6,8,11,16H,7,14H2,1-2H3,(H,15,17)/t8-,11+/m0/s1. The molecule has 0 fully saturated rings. The summed E-state index contributed by atoms with van der Waals surface area (Å²) < 4.78 is 4.50. The summed E-state index contributed by atoms with van der Waals surface area (Å²) in [6, 6.07) is 4.92. The zero-order valence-corrected chi connectivity index (χ0v) is 10.9. The highest BCUT2D eigenvalue weighted by Gasteiger charge is 2.20. The summed E-state index contributed by atoms with van der Waals surface area (Å²) in [4.78, 5) is 22.9. The fourth-order valence-corrected chi connectivity index (χ4v) is 1.53. The van der Waals surface area contributed by atoms with Gasteiger partial charge < -0.3 is 20.9 Å². The summed E-state index contributed by atoms with van der Waals surface area (Å²) in [6.07, 6.45) is 0.319. The van der Waals surface area contributed by atoms with E-state index in [-0.39, 0.29) is 5.75 Å². The van der Waals surface area contributed by atoms with Gasteiger partial charge in [-0.25, -0.2) is 4.79 Å². The Bertz CT molecular complexity index is 444. The monoisotopic (exact) mass is 266 g/mol. The third-order valence-corrected chi connectivity index (χ3v) is 2.64. The van der Waals surface area contributed by atoms with Crippen LogP contribution in [0.1, 0.15) is 12.5 Å². The second-order valence-electron chi connectivity index (χ2n) is 4.23. The van der Waals surface area contributed by atoms with Gasteiger partial charge in [-0.3, -0.25) is 4.79 Å². The topological polar surface area (TPSA) is 102 Å². The molecule has 0 bridgehead atoms. The fraction of sp³-hybridized carbons (Fsp3) is 0.385. The van der Waals surface area contributed by atoms with Crippen LogP contribution >= 0.6 is 0 Å². The maximum absolute atomic E-state index is 11.8. The number of phenols is 1. The van der Waals surface area contributed by atoms with Gasteiger partial charge >= 0.3 is 5.97 Å². The van der Waals surface area contributed by atoms with Gasteiger partial charge in [-0.2, -0.15) is 0 Å². The van der Waals surface area contributed by atoms with Crippen molar-refractivity contribution in [3.8, 4) is 5.75 Å². The first-order valence-corrected chi connectivity index (χ1v) is 5.85. The summed E-state index contributed by atoms with van der Waals surface area (Å²) in [5, 5.41) is 11.6. The molecule has 0 aliphatic heterocycles. The van der Waals surface area contributed by atoms with E-state index in [0.717, 1.165) is 5.56 Å². The number of methoxy groups -OCH3 is 1. The van der Waals surface area contributed by atoms with Crippen LogP contribution in [0.5, 0.6) is 5.75 Å². The summed E-state index contributed by atoms with van der Waals surface area (Å²) in [5.41, 5.74) is 6.58. The molecular formula is C13H18N2O4. The van der Waals surface area contributed by atoms with Crippen LogP contribution in [0.2, 0.25) is 0 Å². The average molecular weight is 266 g/mol. The van der Waals surface area contributed by atoms with Crippen LogP contribution in [0.25, 0.3) is 0 Å². The van der Waals surface area contributed by atoms with E-state index >= 15 is 0 Å². The molecule has 0 unspecified atom stereocenters. The molecule has 1 rings (SSSR count). The molecular weight excluding hydrogens is 248 g/mol. The van der Waals surface area contributed by atoms with Crippen molar-refractivity contribution in [3.05, 3.63) is 29.8 Å². The maximum Gasteiger partial charge on any atom is 0.328 e. The normalized spacial score (nSPS) is 13.4. The number of carbonyl (C=O) groups excluding carboxylic acids is 2. The van der Waals surface area contributed by atoms with E-state index in [1.54, 1.807) is 12.1 Å². The smallest absolute Gasteiger partial charge is 0.328 e. The van der Waals surface area contributed by atoms with Gasteiger partial charge in [-0.05, 0) is 31.0 Å². The molecule has 1 aromatic carbocycles. The quantitative estimate of drug-likeness (QED) is 0.648. The summed E-state index contributed by atoms with van der Waals surface area (Å²) >= 11 is 0. The molecule has 104 valence electrons. The van der Waals surface area contributed by atoms with E-state index < -0.39 is 24.0 Å². The highest BCUT2D eigenvalue weighted by atomic mass is 16.5. The molecule has 1 aromatic rings. The largest absolute Gasteiger partial charge is 0.508 e. The van der Waals surface area contributed by atoms with Crippen LogP contribution < -0.4 is 11.1 Å². The molecule has 1 amide bonds. The summed E-state index contributed by atoms with van der Waals surface area (Å²) in [7, 11) is 1.25. The molecule has 6 nitrogen and oxygen atoms in total. The fourth-order valence-electron chi connectivity index (χ4n) is 1.53. The number of nitrogens with two attached hydrogens (primary N) is 1. The van der Waals surface area contributed by atoms with Gasteiger partial charge in [-0.1, -0.05) is 12.1 Å². The van der Waals surface area contributed by atoms with Crippen LogP contribution in [-0.4, -0.2) is 36.2 Å². The van der Waals surface area contributed by atoms with Crippen molar-refractivity contribution in [1.82, 2.24) is 5.32 Å². The molecule has 4 N–H and O–H groups in total. The molecule has 0 aliphatic carbocycles. The first-order valence-electron chi connectivity index (χ1n) is 5.85. The molecule has 19 heavy (non-hydrogen) atoms. The number of rotatable bonds is 5. The van der Waals surface area contributed by atoms with Crippen molar-refractivity contribution in [2.24, 2.45) is 5.73 Å². The van der Waals surface area contributed by atoms with Crippen molar-refractivity contribution in [3.63, 3.8) is 0 Å². The second-order valence-corrected chi connectivity index (χ2v) is 4.23. The van der Waals surface area contributed by atoms with Crippen LogP contribution in [0.15, 0.2) is 24.3 Å². The highest BCUT2D eigenvalue weighted by Crippen LogP contribution is 2.10. The molecule has 2 atom stereocenters. The number of hydrogen-bond acceptors (Lipinski definition) is 5. The highest BCUT2D eigenvalue weighted by molar-refractivity contribution is 5.87. The zero-order chi connectivity index (χ0) is 14.4. The van der Waals surface area contributed by atoms with E-state index in [4.69, 9.17) is 10.8 Å². The maximum atomic E-state index is 11.8. The first kappa shape index (κ1) is 15.0. The lowest BCUT2D eigenvalue weighted by atomic mass is 10.1. The Labute approximate surface area is 111 Å². The number of hydrogen-bond donors (Lipinski definition) is 3. The Kier molecular flexibility index (Phi) is 5.32. The van der Waals surface area contributed by atoms with Gasteiger partial charge in [0.2, 0.25) is 5.91 Å². The van der Waals surface area contributed by atoms with Gasteiger partial charge in [-0.15, -0.1) is 0 Å². The summed E-state index contributed by atoms with van der Waals surface area (Å²) in [6.45, 7) is 1.52. The van der Waals surface area contributed by atoms with Crippen LogP contribution in [0.4, 0.5) is 0 Å².